The van der Waals surface area contributed by atoms with Crippen molar-refractivity contribution in [3.8, 4) is 11.5 Å². The number of carbonyl (C=O) groups is 1. The molecule has 4 rings (SSSR count). The number of anilines is 1. The van der Waals surface area contributed by atoms with Crippen molar-refractivity contribution in [2.24, 2.45) is 0 Å². The number of fused-ring (bicyclic) bond motifs is 1. The lowest BCUT2D eigenvalue weighted by atomic mass is 10.2. The van der Waals surface area contributed by atoms with Gasteiger partial charge in [0.2, 0.25) is 0 Å². The molecule has 0 aliphatic carbocycles. The number of hydrogen-bond donors (Lipinski definition) is 4. The summed E-state index contributed by atoms with van der Waals surface area (Å²) in [7, 11) is 0. The normalized spacial score (nSPS) is 11.5. The Morgan fingerprint density at radius 1 is 1.12 bits per heavy atom. The van der Waals surface area contributed by atoms with Gasteiger partial charge in [0.05, 0.1) is 23.2 Å². The van der Waals surface area contributed by atoms with Gasteiger partial charge < -0.3 is 20.4 Å². The molecule has 4 aromatic rings. The highest BCUT2D eigenvalue weighted by molar-refractivity contribution is 5.89. The van der Waals surface area contributed by atoms with E-state index >= 15 is 0 Å². The number of hydrogen-bond acceptors (Lipinski definition) is 4. The van der Waals surface area contributed by atoms with Crippen LogP contribution in [0.15, 0.2) is 42.9 Å². The number of amides is 2. The molecular weight excluding hydrogens is 439 g/mol. The maximum atomic E-state index is 14.5. The van der Waals surface area contributed by atoms with E-state index in [4.69, 9.17) is 4.74 Å². The van der Waals surface area contributed by atoms with Gasteiger partial charge in [-0.1, -0.05) is 0 Å². The van der Waals surface area contributed by atoms with Gasteiger partial charge in [0.15, 0.2) is 17.4 Å². The molecule has 0 fully saturated rings. The van der Waals surface area contributed by atoms with Gasteiger partial charge in [-0.3, -0.25) is 5.10 Å². The fourth-order valence-electron chi connectivity index (χ4n) is 2.91. The maximum Gasteiger partial charge on any atom is 0.418 e. The highest BCUT2D eigenvalue weighted by Gasteiger charge is 2.35. The van der Waals surface area contributed by atoms with E-state index in [0.29, 0.717) is 11.9 Å². The molecule has 3 heterocycles. The number of alkyl halides is 3. The second kappa shape index (κ2) is 8.17. The number of urea groups is 1. The topological polar surface area (TPSA) is 108 Å². The number of nitrogens with one attached hydrogen (secondary N) is 4. The third-order valence-electron chi connectivity index (χ3n) is 4.31. The van der Waals surface area contributed by atoms with Crippen LogP contribution in [-0.4, -0.2) is 26.2 Å². The molecule has 32 heavy (non-hydrogen) atoms. The highest BCUT2D eigenvalue weighted by atomic mass is 19.4. The van der Waals surface area contributed by atoms with Crippen LogP contribution < -0.4 is 15.4 Å². The quantitative estimate of drug-likeness (QED) is 0.329. The van der Waals surface area contributed by atoms with E-state index in [0.717, 1.165) is 24.4 Å². The zero-order chi connectivity index (χ0) is 22.9. The Labute approximate surface area is 175 Å². The summed E-state index contributed by atoms with van der Waals surface area (Å²) >= 11 is 0. The third-order valence-corrected chi connectivity index (χ3v) is 4.31. The molecule has 0 spiro atoms. The average Bonchev–Trinajstić information content (AvgIpc) is 3.39. The summed E-state index contributed by atoms with van der Waals surface area (Å²) in [5.74, 6) is -3.85. The second-order valence-corrected chi connectivity index (χ2v) is 6.49. The first-order valence-electron chi connectivity index (χ1n) is 8.95. The van der Waals surface area contributed by atoms with Crippen molar-refractivity contribution in [2.45, 2.75) is 12.7 Å². The SMILES string of the molecule is O=C(NCc1ccn[nH]1)Nc1cc(F)c(Oc2ccnc3[nH]cc(C(F)(F)F)c23)c(F)c1. The van der Waals surface area contributed by atoms with Crippen molar-refractivity contribution in [2.75, 3.05) is 5.32 Å². The first-order chi connectivity index (χ1) is 15.2. The number of H-pyrrole nitrogens is 2. The molecule has 0 radical (unpaired) electrons. The van der Waals surface area contributed by atoms with E-state index in [-0.39, 0.29) is 17.9 Å². The predicted molar refractivity (Wildman–Crippen MR) is 102 cm³/mol. The molecule has 2 amide bonds. The van der Waals surface area contributed by atoms with Crippen LogP contribution >= 0.6 is 0 Å². The van der Waals surface area contributed by atoms with E-state index in [1.54, 1.807) is 6.07 Å². The van der Waals surface area contributed by atoms with Gasteiger partial charge in [0.25, 0.3) is 0 Å². The molecule has 0 aliphatic heterocycles. The number of carbonyl (C=O) groups excluding carboxylic acids is 1. The first-order valence-corrected chi connectivity index (χ1v) is 8.95. The Morgan fingerprint density at radius 2 is 1.88 bits per heavy atom. The third kappa shape index (κ3) is 4.31. The van der Waals surface area contributed by atoms with E-state index in [9.17, 15) is 26.7 Å². The largest absolute Gasteiger partial charge is 0.450 e. The van der Waals surface area contributed by atoms with Crippen LogP contribution in [0.5, 0.6) is 11.5 Å². The van der Waals surface area contributed by atoms with Crippen LogP contribution in [0.2, 0.25) is 0 Å². The predicted octanol–water partition coefficient (Wildman–Crippen LogP) is 4.70. The highest BCUT2D eigenvalue weighted by Crippen LogP contribution is 2.40. The van der Waals surface area contributed by atoms with Crippen molar-refractivity contribution in [1.82, 2.24) is 25.5 Å². The zero-order valence-corrected chi connectivity index (χ0v) is 15.8. The molecule has 166 valence electrons. The van der Waals surface area contributed by atoms with E-state index in [2.05, 4.69) is 30.8 Å². The second-order valence-electron chi connectivity index (χ2n) is 6.49. The van der Waals surface area contributed by atoms with Crippen LogP contribution in [0.4, 0.5) is 32.4 Å². The molecule has 0 aliphatic rings. The molecule has 1 aromatic carbocycles. The summed E-state index contributed by atoms with van der Waals surface area (Å²) in [4.78, 5) is 18.0. The summed E-state index contributed by atoms with van der Waals surface area (Å²) in [5.41, 5.74) is -0.883. The lowest BCUT2D eigenvalue weighted by Gasteiger charge is -2.13. The minimum Gasteiger partial charge on any atom is -0.450 e. The minimum absolute atomic E-state index is 0.0915. The summed E-state index contributed by atoms with van der Waals surface area (Å²) in [6.07, 6.45) is -1.44. The number of aromatic amines is 2. The van der Waals surface area contributed by atoms with Gasteiger partial charge >= 0.3 is 12.2 Å². The molecule has 13 heteroatoms. The van der Waals surface area contributed by atoms with E-state index in [1.807, 2.05) is 0 Å². The Morgan fingerprint density at radius 3 is 2.53 bits per heavy atom. The Bertz CT molecular complexity index is 1250. The molecule has 0 bridgehead atoms. The van der Waals surface area contributed by atoms with Crippen molar-refractivity contribution >= 4 is 22.8 Å². The van der Waals surface area contributed by atoms with Gasteiger partial charge in [0, 0.05) is 36.4 Å². The number of aromatic nitrogens is 4. The van der Waals surface area contributed by atoms with Crippen LogP contribution in [0.3, 0.4) is 0 Å². The van der Waals surface area contributed by atoms with Crippen LogP contribution in [0, 0.1) is 11.6 Å². The first kappa shape index (κ1) is 21.1. The standard InChI is InChI=1S/C19H13F5N6O2/c20-12-5-10(29-18(31)27-7-9-1-4-28-30-9)6-13(21)16(12)32-14-2-3-25-17-15(14)11(8-26-17)19(22,23)24/h1-6,8H,7H2,(H,25,26)(H,28,30)(H2,27,29,31). The van der Waals surface area contributed by atoms with Crippen molar-refractivity contribution in [1.29, 1.82) is 0 Å². The summed E-state index contributed by atoms with van der Waals surface area (Å²) in [6.45, 7) is 0.0915. The van der Waals surface area contributed by atoms with E-state index < -0.39 is 46.3 Å². The maximum absolute atomic E-state index is 14.5. The Hall–Kier alpha value is -4.16. The molecule has 4 N–H and O–H groups in total. The molecule has 0 unspecified atom stereocenters. The van der Waals surface area contributed by atoms with Crippen molar-refractivity contribution in [3.63, 3.8) is 0 Å². The molecule has 0 atom stereocenters. The fourth-order valence-corrected chi connectivity index (χ4v) is 2.91. The summed E-state index contributed by atoms with van der Waals surface area (Å²) in [6, 6.07) is 3.48. The van der Waals surface area contributed by atoms with Crippen LogP contribution in [-0.2, 0) is 12.7 Å². The van der Waals surface area contributed by atoms with Gasteiger partial charge in [-0.15, -0.1) is 0 Å². The number of halogens is 5. The zero-order valence-electron chi connectivity index (χ0n) is 15.8. The molecule has 3 aromatic heterocycles. The number of ether oxygens (including phenoxy) is 1. The molecule has 0 saturated carbocycles. The number of nitrogens with zero attached hydrogens (tertiary/aromatic N) is 2. The van der Waals surface area contributed by atoms with E-state index in [1.165, 1.54) is 6.20 Å². The lowest BCUT2D eigenvalue weighted by Crippen LogP contribution is -2.28. The van der Waals surface area contributed by atoms with Crippen molar-refractivity contribution in [3.05, 3.63) is 65.7 Å². The minimum atomic E-state index is -4.74. The van der Waals surface area contributed by atoms with Crippen molar-refractivity contribution < 1.29 is 31.5 Å². The number of benzene rings is 1. The number of rotatable bonds is 5. The Kier molecular flexibility index (Phi) is 5.38. The van der Waals surface area contributed by atoms with Gasteiger partial charge in [-0.05, 0) is 12.1 Å². The molecular formula is C19H13F5N6O2. The summed E-state index contributed by atoms with van der Waals surface area (Å²) < 4.78 is 74.0. The van der Waals surface area contributed by atoms with Crippen LogP contribution in [0.1, 0.15) is 11.3 Å². The number of pyridine rings is 1. The fraction of sp³-hybridized carbons (Fsp3) is 0.105. The Balaban J connectivity index is 1.56. The average molecular weight is 452 g/mol. The monoisotopic (exact) mass is 452 g/mol. The van der Waals surface area contributed by atoms with Gasteiger partial charge in [-0.25, -0.2) is 18.6 Å². The van der Waals surface area contributed by atoms with Gasteiger partial charge in [0.1, 0.15) is 11.4 Å². The molecule has 0 saturated heterocycles. The summed E-state index contributed by atoms with van der Waals surface area (Å²) in [5, 5.41) is 10.6. The van der Waals surface area contributed by atoms with Gasteiger partial charge in [-0.2, -0.15) is 18.3 Å². The smallest absolute Gasteiger partial charge is 0.418 e. The lowest BCUT2D eigenvalue weighted by molar-refractivity contribution is -0.136. The van der Waals surface area contributed by atoms with Crippen LogP contribution in [0.25, 0.3) is 11.0 Å². The molecule has 8 nitrogen and oxygen atoms in total.